The Morgan fingerprint density at radius 2 is 2.38 bits per heavy atom. The molecule has 0 unspecified atom stereocenters. The number of hydrogen-bond donors (Lipinski definition) is 2. The summed E-state index contributed by atoms with van der Waals surface area (Å²) < 4.78 is 6.23. The molecule has 0 aliphatic heterocycles. The third-order valence-corrected chi connectivity index (χ3v) is 2.59. The minimum absolute atomic E-state index is 0.211. The summed E-state index contributed by atoms with van der Waals surface area (Å²) in [7, 11) is 0. The van der Waals surface area contributed by atoms with Crippen molar-refractivity contribution in [2.45, 2.75) is 0 Å². The number of nitrogens with one attached hydrogen (secondary N) is 1. The largest absolute Gasteiger partial charge is 0.491 e. The summed E-state index contributed by atoms with van der Waals surface area (Å²) in [4.78, 5) is 10.2. The summed E-state index contributed by atoms with van der Waals surface area (Å²) in [6.45, 7) is 0.444. The Labute approximate surface area is 106 Å². The molecule has 0 heterocycles. The number of carboxylic acid groups (broad SMARTS) is 1. The van der Waals surface area contributed by atoms with Gasteiger partial charge in [0.25, 0.3) is 0 Å². The molecular formula is C10H9IN2O3. The van der Waals surface area contributed by atoms with E-state index in [1.54, 1.807) is 18.2 Å². The molecule has 0 fully saturated rings. The molecule has 1 aromatic carbocycles. The maximum absolute atomic E-state index is 10.2. The molecule has 0 atom stereocenters. The van der Waals surface area contributed by atoms with Crippen molar-refractivity contribution in [1.29, 1.82) is 5.26 Å². The molecule has 0 aliphatic rings. The van der Waals surface area contributed by atoms with Crippen molar-refractivity contribution in [3.63, 3.8) is 0 Å². The number of halogens is 1. The highest BCUT2D eigenvalue weighted by atomic mass is 127. The van der Waals surface area contributed by atoms with Crippen LogP contribution in [-0.2, 0) is 0 Å². The molecule has 5 nitrogen and oxygen atoms in total. The highest BCUT2D eigenvalue weighted by Gasteiger charge is 2.02. The molecule has 0 bridgehead atoms. The van der Waals surface area contributed by atoms with E-state index >= 15 is 0 Å². The number of ether oxygens (including phenoxy) is 1. The first-order valence-electron chi connectivity index (χ1n) is 4.42. The molecule has 84 valence electrons. The van der Waals surface area contributed by atoms with E-state index in [-0.39, 0.29) is 13.2 Å². The number of amides is 1. The number of carbonyl (C=O) groups is 1. The van der Waals surface area contributed by atoms with Gasteiger partial charge in [-0.05, 0) is 40.8 Å². The zero-order valence-corrected chi connectivity index (χ0v) is 10.4. The van der Waals surface area contributed by atoms with Crippen LogP contribution in [0, 0.1) is 14.9 Å². The van der Waals surface area contributed by atoms with Gasteiger partial charge in [0.15, 0.2) is 0 Å². The molecule has 0 saturated carbocycles. The smallest absolute Gasteiger partial charge is 0.404 e. The Hall–Kier alpha value is -1.49. The summed E-state index contributed by atoms with van der Waals surface area (Å²) in [6, 6.07) is 7.11. The summed E-state index contributed by atoms with van der Waals surface area (Å²) in [5.74, 6) is 0.590. The number of benzene rings is 1. The number of hydrogen-bond acceptors (Lipinski definition) is 3. The quantitative estimate of drug-likeness (QED) is 0.651. The maximum atomic E-state index is 10.2. The first kappa shape index (κ1) is 12.6. The third-order valence-electron chi connectivity index (χ3n) is 1.70. The van der Waals surface area contributed by atoms with Gasteiger partial charge in [0.2, 0.25) is 0 Å². The molecular weight excluding hydrogens is 323 g/mol. The van der Waals surface area contributed by atoms with Crippen molar-refractivity contribution in [3.05, 3.63) is 27.3 Å². The van der Waals surface area contributed by atoms with Crippen LogP contribution in [0.15, 0.2) is 18.2 Å². The number of rotatable bonds is 4. The lowest BCUT2D eigenvalue weighted by molar-refractivity contribution is 0.191. The molecule has 1 rings (SSSR count). The molecule has 6 heteroatoms. The Bertz CT molecular complexity index is 429. The van der Waals surface area contributed by atoms with Crippen LogP contribution in [0.5, 0.6) is 5.75 Å². The zero-order valence-electron chi connectivity index (χ0n) is 8.24. The highest BCUT2D eigenvalue weighted by molar-refractivity contribution is 14.1. The molecule has 1 aromatic rings. The molecule has 0 radical (unpaired) electrons. The molecule has 0 aromatic heterocycles. The lowest BCUT2D eigenvalue weighted by Crippen LogP contribution is -2.26. The van der Waals surface area contributed by atoms with Crippen molar-refractivity contribution in [2.24, 2.45) is 0 Å². The third kappa shape index (κ3) is 3.94. The van der Waals surface area contributed by atoms with Gasteiger partial charge in [-0.3, -0.25) is 0 Å². The maximum Gasteiger partial charge on any atom is 0.404 e. The Kier molecular flexibility index (Phi) is 4.85. The van der Waals surface area contributed by atoms with Crippen molar-refractivity contribution in [1.82, 2.24) is 5.32 Å². The minimum atomic E-state index is -1.08. The van der Waals surface area contributed by atoms with Gasteiger partial charge in [-0.25, -0.2) is 4.79 Å². The molecule has 0 aliphatic carbocycles. The van der Waals surface area contributed by atoms with Crippen LogP contribution < -0.4 is 10.1 Å². The zero-order chi connectivity index (χ0) is 12.0. The van der Waals surface area contributed by atoms with Crippen LogP contribution in [0.3, 0.4) is 0 Å². The van der Waals surface area contributed by atoms with Crippen LogP contribution in [0.4, 0.5) is 4.79 Å². The van der Waals surface area contributed by atoms with Gasteiger partial charge in [0.05, 0.1) is 21.7 Å². The first-order chi connectivity index (χ1) is 7.63. The summed E-state index contributed by atoms with van der Waals surface area (Å²) >= 11 is 2.09. The van der Waals surface area contributed by atoms with Crippen molar-refractivity contribution >= 4 is 28.7 Å². The first-order valence-corrected chi connectivity index (χ1v) is 5.50. The second-order valence-corrected chi connectivity index (χ2v) is 4.00. The fourth-order valence-corrected chi connectivity index (χ4v) is 1.49. The van der Waals surface area contributed by atoms with Crippen LogP contribution in [0.2, 0.25) is 0 Å². The van der Waals surface area contributed by atoms with E-state index in [0.717, 1.165) is 3.57 Å². The van der Waals surface area contributed by atoms with Gasteiger partial charge in [0, 0.05) is 0 Å². The van der Waals surface area contributed by atoms with E-state index in [1.807, 2.05) is 6.07 Å². The number of nitriles is 1. The Morgan fingerprint density at radius 3 is 3.00 bits per heavy atom. The lowest BCUT2D eigenvalue weighted by Gasteiger charge is -2.08. The van der Waals surface area contributed by atoms with Crippen LogP contribution in [0.25, 0.3) is 0 Å². The van der Waals surface area contributed by atoms with Crippen LogP contribution >= 0.6 is 22.6 Å². The van der Waals surface area contributed by atoms with E-state index in [0.29, 0.717) is 11.3 Å². The van der Waals surface area contributed by atoms with Gasteiger partial charge in [0.1, 0.15) is 12.4 Å². The Balaban J connectivity index is 2.53. The fraction of sp³-hybridized carbons (Fsp3) is 0.200. The van der Waals surface area contributed by atoms with Gasteiger partial charge in [-0.1, -0.05) is 0 Å². The molecule has 0 spiro atoms. The number of nitrogens with zero attached hydrogens (tertiary/aromatic N) is 1. The summed E-state index contributed by atoms with van der Waals surface area (Å²) in [6.07, 6.45) is -1.08. The van der Waals surface area contributed by atoms with Gasteiger partial charge < -0.3 is 15.2 Å². The monoisotopic (exact) mass is 332 g/mol. The normalized spacial score (nSPS) is 9.25. The predicted octanol–water partition coefficient (Wildman–Crippen LogP) is 1.81. The van der Waals surface area contributed by atoms with E-state index in [4.69, 9.17) is 15.1 Å². The second kappa shape index (κ2) is 6.17. The second-order valence-electron chi connectivity index (χ2n) is 2.84. The van der Waals surface area contributed by atoms with Crippen molar-refractivity contribution in [3.8, 4) is 11.8 Å². The van der Waals surface area contributed by atoms with Gasteiger partial charge >= 0.3 is 6.09 Å². The summed E-state index contributed by atoms with van der Waals surface area (Å²) in [5.41, 5.74) is 0.515. The highest BCUT2D eigenvalue weighted by Crippen LogP contribution is 2.21. The van der Waals surface area contributed by atoms with E-state index in [9.17, 15) is 4.79 Å². The van der Waals surface area contributed by atoms with Crippen LogP contribution in [0.1, 0.15) is 5.56 Å². The van der Waals surface area contributed by atoms with E-state index < -0.39 is 6.09 Å². The van der Waals surface area contributed by atoms with Crippen molar-refractivity contribution in [2.75, 3.05) is 13.2 Å². The van der Waals surface area contributed by atoms with Gasteiger partial charge in [-0.15, -0.1) is 0 Å². The van der Waals surface area contributed by atoms with Crippen molar-refractivity contribution < 1.29 is 14.6 Å². The molecule has 1 amide bonds. The minimum Gasteiger partial charge on any atom is -0.491 e. The average molecular weight is 332 g/mol. The predicted molar refractivity (Wildman–Crippen MR) is 65.4 cm³/mol. The molecule has 0 saturated heterocycles. The summed E-state index contributed by atoms with van der Waals surface area (Å²) in [5, 5.41) is 19.2. The standard InChI is InChI=1S/C10H9IN2O3/c11-8-2-1-7(6-12)5-9(8)16-4-3-13-10(14)15/h1-2,5,13H,3-4H2,(H,14,15). The topological polar surface area (TPSA) is 82.3 Å². The van der Waals surface area contributed by atoms with Crippen LogP contribution in [-0.4, -0.2) is 24.4 Å². The van der Waals surface area contributed by atoms with E-state index in [1.165, 1.54) is 0 Å². The molecule has 2 N–H and O–H groups in total. The van der Waals surface area contributed by atoms with Gasteiger partial charge in [-0.2, -0.15) is 5.26 Å². The SMILES string of the molecule is N#Cc1ccc(I)c(OCCNC(=O)O)c1. The molecule has 16 heavy (non-hydrogen) atoms. The average Bonchev–Trinajstić information content (AvgIpc) is 2.26. The lowest BCUT2D eigenvalue weighted by atomic mass is 10.2. The fourth-order valence-electron chi connectivity index (χ4n) is 1.00. The Morgan fingerprint density at radius 1 is 1.62 bits per heavy atom. The van der Waals surface area contributed by atoms with E-state index in [2.05, 4.69) is 27.9 Å².